The minimum absolute atomic E-state index is 0. The summed E-state index contributed by atoms with van der Waals surface area (Å²) in [6.07, 6.45) is 0. The molecule has 0 spiro atoms. The molecule has 0 saturated carbocycles. The molecular formula is C7H5NaO2S. The van der Waals surface area contributed by atoms with E-state index in [1.54, 1.807) is 12.1 Å². The molecule has 0 heterocycles. The molecule has 2 nitrogen and oxygen atoms in total. The zero-order valence-corrected chi connectivity index (χ0v) is 8.89. The summed E-state index contributed by atoms with van der Waals surface area (Å²) in [7, 11) is 0. The van der Waals surface area contributed by atoms with Crippen LogP contribution in [0.4, 0.5) is 0 Å². The first-order valence-electron chi connectivity index (χ1n) is 2.71. The number of carbonyl (C=O) groups is 1. The van der Waals surface area contributed by atoms with Gasteiger partial charge in [0.25, 0.3) is 0 Å². The van der Waals surface area contributed by atoms with Gasteiger partial charge in [0, 0.05) is 10.7 Å². The van der Waals surface area contributed by atoms with E-state index in [9.17, 15) is 4.79 Å². The molecule has 0 aliphatic carbocycles. The Morgan fingerprint density at radius 3 is 2.27 bits per heavy atom. The van der Waals surface area contributed by atoms with Crippen molar-refractivity contribution in [2.75, 3.05) is 0 Å². The second-order valence-corrected chi connectivity index (χ2v) is 2.18. The largest absolute Gasteiger partial charge is 1.00 e. The maximum atomic E-state index is 10.5. The summed E-state index contributed by atoms with van der Waals surface area (Å²) in [5.41, 5.74) is 0.192. The average Bonchev–Trinajstić information content (AvgIpc) is 1.88. The Morgan fingerprint density at radius 2 is 1.91 bits per heavy atom. The molecule has 0 aliphatic rings. The van der Waals surface area contributed by atoms with E-state index < -0.39 is 5.12 Å². The van der Waals surface area contributed by atoms with E-state index in [2.05, 4.69) is 12.6 Å². The Hall–Kier alpha value is -0.0900. The zero-order valence-electron chi connectivity index (χ0n) is 6.07. The van der Waals surface area contributed by atoms with Gasteiger partial charge in [-0.05, 0) is 12.1 Å². The predicted molar refractivity (Wildman–Crippen MR) is 39.8 cm³/mol. The molecular weight excluding hydrogens is 171 g/mol. The number of phenolic OH excluding ortho intramolecular Hbond substituents is 1. The molecule has 0 radical (unpaired) electrons. The first kappa shape index (κ1) is 10.9. The van der Waals surface area contributed by atoms with E-state index in [0.717, 1.165) is 0 Å². The van der Waals surface area contributed by atoms with Crippen molar-refractivity contribution >= 4 is 17.7 Å². The van der Waals surface area contributed by atoms with Crippen LogP contribution in [0.15, 0.2) is 24.3 Å². The topological polar surface area (TPSA) is 37.3 Å². The molecule has 1 aromatic carbocycles. The summed E-state index contributed by atoms with van der Waals surface area (Å²) < 4.78 is 0. The molecule has 0 fully saturated rings. The van der Waals surface area contributed by atoms with Crippen molar-refractivity contribution in [3.05, 3.63) is 29.8 Å². The Labute approximate surface area is 92.3 Å². The maximum Gasteiger partial charge on any atom is 1.00 e. The van der Waals surface area contributed by atoms with Gasteiger partial charge in [-0.25, -0.2) is 0 Å². The van der Waals surface area contributed by atoms with Crippen LogP contribution in [-0.2, 0) is 12.6 Å². The van der Waals surface area contributed by atoms with Gasteiger partial charge in [-0.3, -0.25) is 0 Å². The third-order valence-electron chi connectivity index (χ3n) is 1.12. The van der Waals surface area contributed by atoms with Crippen molar-refractivity contribution < 1.29 is 39.5 Å². The third-order valence-corrected chi connectivity index (χ3v) is 1.34. The average molecular weight is 176 g/mol. The number of hydrogen-bond acceptors (Lipinski definition) is 3. The van der Waals surface area contributed by atoms with E-state index in [0.29, 0.717) is 0 Å². The molecule has 1 N–H and O–H groups in total. The summed E-state index contributed by atoms with van der Waals surface area (Å²) in [6.45, 7) is 0. The van der Waals surface area contributed by atoms with Gasteiger partial charge >= 0.3 is 29.6 Å². The quantitative estimate of drug-likeness (QED) is 0.400. The zero-order chi connectivity index (χ0) is 7.56. The van der Waals surface area contributed by atoms with Crippen molar-refractivity contribution in [3.8, 4) is 5.75 Å². The van der Waals surface area contributed by atoms with Gasteiger partial charge in [-0.15, -0.1) is 0 Å². The number of benzene rings is 1. The van der Waals surface area contributed by atoms with Crippen molar-refractivity contribution in [1.29, 1.82) is 0 Å². The van der Waals surface area contributed by atoms with Crippen molar-refractivity contribution in [3.63, 3.8) is 0 Å². The van der Waals surface area contributed by atoms with Crippen LogP contribution in [0.1, 0.15) is 10.4 Å². The van der Waals surface area contributed by atoms with E-state index in [1.807, 2.05) is 0 Å². The molecule has 52 valence electrons. The SMILES string of the molecule is O=C([S-])c1ccccc1O.[Na+]. The molecule has 4 heteroatoms. The van der Waals surface area contributed by atoms with Crippen LogP contribution in [0, 0.1) is 0 Å². The van der Waals surface area contributed by atoms with Gasteiger partial charge < -0.3 is 22.5 Å². The van der Waals surface area contributed by atoms with E-state index in [4.69, 9.17) is 5.11 Å². The number of hydrogen-bond donors (Lipinski definition) is 1. The summed E-state index contributed by atoms with van der Waals surface area (Å²) in [6, 6.07) is 6.21. The molecule has 0 unspecified atom stereocenters. The van der Waals surface area contributed by atoms with Gasteiger partial charge in [0.1, 0.15) is 5.75 Å². The number of phenols is 1. The molecule has 0 aliphatic heterocycles. The van der Waals surface area contributed by atoms with E-state index in [1.165, 1.54) is 12.1 Å². The van der Waals surface area contributed by atoms with Crippen LogP contribution in [0.2, 0.25) is 0 Å². The van der Waals surface area contributed by atoms with Crippen molar-refractivity contribution in [2.24, 2.45) is 0 Å². The number of para-hydroxylation sites is 1. The minimum atomic E-state index is -0.530. The van der Waals surface area contributed by atoms with Crippen molar-refractivity contribution in [2.45, 2.75) is 0 Å². The second kappa shape index (κ2) is 4.72. The molecule has 0 aromatic heterocycles. The summed E-state index contributed by atoms with van der Waals surface area (Å²) in [5, 5.41) is 8.46. The van der Waals surface area contributed by atoms with Crippen LogP contribution in [-0.4, -0.2) is 10.2 Å². The Morgan fingerprint density at radius 1 is 1.36 bits per heavy atom. The standard InChI is InChI=1S/C7H6O2S.Na/c8-6-4-2-1-3-5(6)7(9)10;/h1-4,8H,(H,9,10);/q;+1/p-1. The summed E-state index contributed by atoms with van der Waals surface area (Å²) in [5.74, 6) is -0.0532. The molecule has 0 amide bonds. The van der Waals surface area contributed by atoms with Gasteiger partial charge in [0.2, 0.25) is 0 Å². The van der Waals surface area contributed by atoms with Crippen LogP contribution >= 0.6 is 0 Å². The van der Waals surface area contributed by atoms with Crippen molar-refractivity contribution in [1.82, 2.24) is 0 Å². The molecule has 11 heavy (non-hydrogen) atoms. The first-order chi connectivity index (χ1) is 4.72. The fourth-order valence-electron chi connectivity index (χ4n) is 0.646. The van der Waals surface area contributed by atoms with Crippen LogP contribution in [0.25, 0.3) is 0 Å². The minimum Gasteiger partial charge on any atom is -0.737 e. The van der Waals surface area contributed by atoms with E-state index >= 15 is 0 Å². The van der Waals surface area contributed by atoms with Gasteiger partial charge in [-0.2, -0.15) is 0 Å². The van der Waals surface area contributed by atoms with Gasteiger partial charge in [-0.1, -0.05) is 12.1 Å². The normalized spacial score (nSPS) is 8.36. The van der Waals surface area contributed by atoms with Crippen LogP contribution in [0.3, 0.4) is 0 Å². The smallest absolute Gasteiger partial charge is 0.737 e. The molecule has 0 bridgehead atoms. The van der Waals surface area contributed by atoms with Crippen LogP contribution < -0.4 is 29.6 Å². The summed E-state index contributed by atoms with van der Waals surface area (Å²) in [4.78, 5) is 10.5. The fourth-order valence-corrected chi connectivity index (χ4v) is 0.819. The number of rotatable bonds is 1. The molecule has 1 aromatic rings. The first-order valence-corrected chi connectivity index (χ1v) is 3.12. The molecule has 1 rings (SSSR count). The Balaban J connectivity index is 0.000001000. The third kappa shape index (κ3) is 2.79. The maximum absolute atomic E-state index is 10.5. The second-order valence-electron chi connectivity index (χ2n) is 1.80. The summed E-state index contributed by atoms with van der Waals surface area (Å²) >= 11 is 4.33. The van der Waals surface area contributed by atoms with E-state index in [-0.39, 0.29) is 40.9 Å². The Kier molecular flexibility index (Phi) is 4.68. The number of carbonyl (C=O) groups excluding carboxylic acids is 1. The molecule has 0 atom stereocenters. The number of aromatic hydroxyl groups is 1. The predicted octanol–water partition coefficient (Wildman–Crippen LogP) is -1.92. The monoisotopic (exact) mass is 176 g/mol. The Bertz CT molecular complexity index is 262. The molecule has 0 saturated heterocycles. The fraction of sp³-hybridized carbons (Fsp3) is 0. The van der Waals surface area contributed by atoms with Gasteiger partial charge in [0.05, 0.1) is 0 Å². The van der Waals surface area contributed by atoms with Gasteiger partial charge in [0.15, 0.2) is 0 Å². The van der Waals surface area contributed by atoms with Crippen LogP contribution in [0.5, 0.6) is 5.75 Å².